The molecule has 1 fully saturated rings. The highest BCUT2D eigenvalue weighted by Crippen LogP contribution is 2.34. The average Bonchev–Trinajstić information content (AvgIpc) is 2.92. The van der Waals surface area contributed by atoms with Gasteiger partial charge in [0.25, 0.3) is 15.9 Å². The van der Waals surface area contributed by atoms with E-state index in [2.05, 4.69) is 4.83 Å². The number of amides is 1. The third-order valence-corrected chi connectivity index (χ3v) is 6.54. The summed E-state index contributed by atoms with van der Waals surface area (Å²) in [5, 5.41) is 10.6. The molecule has 2 N–H and O–H groups in total. The minimum atomic E-state index is -3.97. The van der Waals surface area contributed by atoms with Crippen LogP contribution in [0, 0.1) is 6.92 Å². The van der Waals surface area contributed by atoms with E-state index in [0.717, 1.165) is 22.3 Å². The molecule has 1 saturated heterocycles. The lowest BCUT2D eigenvalue weighted by molar-refractivity contribution is -0.123. The first-order valence-electron chi connectivity index (χ1n) is 8.54. The number of phenolic OH excluding ortho intramolecular Hbond substituents is 1. The molecule has 0 radical (unpaired) electrons. The summed E-state index contributed by atoms with van der Waals surface area (Å²) in [6.45, 7) is 4.01. The monoisotopic (exact) mass is 450 g/mol. The van der Waals surface area contributed by atoms with Crippen molar-refractivity contribution in [1.82, 2.24) is 9.84 Å². The largest absolute Gasteiger partial charge is 0.504 e. The zero-order valence-electron chi connectivity index (χ0n) is 15.6. The molecule has 1 aliphatic rings. The number of phenols is 1. The van der Waals surface area contributed by atoms with Crippen LogP contribution in [0.25, 0.3) is 6.08 Å². The Labute approximate surface area is 178 Å². The van der Waals surface area contributed by atoms with Crippen LogP contribution < -0.4 is 9.57 Å². The fraction of sp³-hybridized carbons (Fsp3) is 0.158. The Bertz CT molecular complexity index is 1100. The molecule has 2 aromatic rings. The summed E-state index contributed by atoms with van der Waals surface area (Å²) in [6.07, 6.45) is 1.56. The number of nitrogens with zero attached hydrogens (tertiary/aromatic N) is 1. The maximum atomic E-state index is 12.7. The second-order valence-electron chi connectivity index (χ2n) is 6.09. The van der Waals surface area contributed by atoms with Crippen molar-refractivity contribution in [3.8, 4) is 11.5 Å². The number of hydrazine groups is 1. The molecule has 1 amide bonds. The van der Waals surface area contributed by atoms with Crippen LogP contribution >= 0.6 is 24.0 Å². The van der Waals surface area contributed by atoms with Crippen molar-refractivity contribution < 1.29 is 23.1 Å². The zero-order valence-corrected chi connectivity index (χ0v) is 18.0. The third kappa shape index (κ3) is 4.78. The van der Waals surface area contributed by atoms with E-state index < -0.39 is 15.9 Å². The molecular formula is C19H18N2O5S3. The Hall–Kier alpha value is -2.40. The summed E-state index contributed by atoms with van der Waals surface area (Å²) < 4.78 is 30.5. The average molecular weight is 451 g/mol. The molecule has 0 atom stereocenters. The second-order valence-corrected chi connectivity index (χ2v) is 9.42. The van der Waals surface area contributed by atoms with E-state index in [9.17, 15) is 18.3 Å². The van der Waals surface area contributed by atoms with Crippen molar-refractivity contribution in [2.75, 3.05) is 6.61 Å². The maximum Gasteiger partial charge on any atom is 0.281 e. The fourth-order valence-corrected chi connectivity index (χ4v) is 4.79. The predicted octanol–water partition coefficient (Wildman–Crippen LogP) is 3.19. The molecule has 0 spiro atoms. The number of hydrogen-bond acceptors (Lipinski definition) is 7. The molecule has 7 nitrogen and oxygen atoms in total. The number of aromatic hydroxyl groups is 1. The molecule has 1 heterocycles. The van der Waals surface area contributed by atoms with Crippen molar-refractivity contribution in [2.24, 2.45) is 0 Å². The number of ether oxygens (including phenoxy) is 1. The van der Waals surface area contributed by atoms with Crippen LogP contribution in [0.1, 0.15) is 18.1 Å². The molecular weight excluding hydrogens is 432 g/mol. The highest BCUT2D eigenvalue weighted by atomic mass is 32.2. The molecule has 0 aliphatic carbocycles. The maximum absolute atomic E-state index is 12.7. The summed E-state index contributed by atoms with van der Waals surface area (Å²) >= 11 is 6.15. The van der Waals surface area contributed by atoms with Gasteiger partial charge in [0.15, 0.2) is 15.8 Å². The first-order chi connectivity index (χ1) is 13.7. The Balaban J connectivity index is 1.83. The van der Waals surface area contributed by atoms with E-state index >= 15 is 0 Å². The third-order valence-electron chi connectivity index (χ3n) is 3.92. The highest BCUT2D eigenvalue weighted by Gasteiger charge is 2.35. The van der Waals surface area contributed by atoms with Gasteiger partial charge in [-0.1, -0.05) is 47.7 Å². The SMILES string of the molecule is CCOc1cc(/C=C2/SC(=S)N(NS(=O)(=O)c3ccc(C)cc3)C2=O)ccc1O. The van der Waals surface area contributed by atoms with Gasteiger partial charge in [-0.05, 0) is 49.8 Å². The number of rotatable bonds is 6. The smallest absolute Gasteiger partial charge is 0.281 e. The van der Waals surface area contributed by atoms with Gasteiger partial charge in [0.2, 0.25) is 0 Å². The molecule has 152 valence electrons. The lowest BCUT2D eigenvalue weighted by Crippen LogP contribution is -2.44. The van der Waals surface area contributed by atoms with E-state index in [0.29, 0.717) is 12.2 Å². The minimum Gasteiger partial charge on any atom is -0.504 e. The Morgan fingerprint density at radius 3 is 2.59 bits per heavy atom. The van der Waals surface area contributed by atoms with E-state index in [1.54, 1.807) is 37.3 Å². The minimum absolute atomic E-state index is 0.0117. The lowest BCUT2D eigenvalue weighted by atomic mass is 10.2. The summed E-state index contributed by atoms with van der Waals surface area (Å²) in [4.78, 5) is 15.2. The Morgan fingerprint density at radius 2 is 1.93 bits per heavy atom. The first kappa shape index (κ1) is 21.3. The second kappa shape index (κ2) is 8.54. The van der Waals surface area contributed by atoms with Gasteiger partial charge in [0, 0.05) is 0 Å². The standard InChI is InChI=1S/C19H18N2O5S3/c1-3-26-16-10-13(6-9-15(16)22)11-17-18(23)21(19(27)28-17)20-29(24,25)14-7-4-12(2)5-8-14/h4-11,20,22H,3H2,1-2H3/b17-11+. The van der Waals surface area contributed by atoms with Crippen molar-refractivity contribution in [2.45, 2.75) is 18.7 Å². The summed E-state index contributed by atoms with van der Waals surface area (Å²) in [6, 6.07) is 10.9. The van der Waals surface area contributed by atoms with Crippen LogP contribution in [0.3, 0.4) is 0 Å². The molecule has 10 heteroatoms. The van der Waals surface area contributed by atoms with Gasteiger partial charge in [-0.2, -0.15) is 0 Å². The topological polar surface area (TPSA) is 95.9 Å². The lowest BCUT2D eigenvalue weighted by Gasteiger charge is -2.16. The molecule has 3 rings (SSSR count). The molecule has 29 heavy (non-hydrogen) atoms. The van der Waals surface area contributed by atoms with E-state index in [4.69, 9.17) is 17.0 Å². The van der Waals surface area contributed by atoms with E-state index in [1.807, 2.05) is 6.92 Å². The highest BCUT2D eigenvalue weighted by molar-refractivity contribution is 8.26. The number of carbonyl (C=O) groups is 1. The first-order valence-corrected chi connectivity index (χ1v) is 11.2. The van der Waals surface area contributed by atoms with Gasteiger partial charge < -0.3 is 9.84 Å². The van der Waals surface area contributed by atoms with Crippen LogP contribution in [0.5, 0.6) is 11.5 Å². The van der Waals surface area contributed by atoms with Crippen molar-refractivity contribution >= 4 is 50.3 Å². The zero-order chi connectivity index (χ0) is 21.2. The number of thiocarbonyl (C=S) groups is 1. The molecule has 0 unspecified atom stereocenters. The van der Waals surface area contributed by atoms with Crippen LogP contribution in [0.4, 0.5) is 0 Å². The number of sulfonamides is 1. The van der Waals surface area contributed by atoms with Gasteiger partial charge in [-0.15, -0.1) is 4.83 Å². The molecule has 0 saturated carbocycles. The summed E-state index contributed by atoms with van der Waals surface area (Å²) in [5.41, 5.74) is 1.52. The predicted molar refractivity (Wildman–Crippen MR) is 116 cm³/mol. The number of nitrogens with one attached hydrogen (secondary N) is 1. The van der Waals surface area contributed by atoms with Gasteiger partial charge in [-0.25, -0.2) is 13.4 Å². The van der Waals surface area contributed by atoms with Crippen LogP contribution in [0.2, 0.25) is 0 Å². The Morgan fingerprint density at radius 1 is 1.24 bits per heavy atom. The molecule has 0 bridgehead atoms. The van der Waals surface area contributed by atoms with Crippen molar-refractivity contribution in [3.05, 3.63) is 58.5 Å². The molecule has 2 aromatic carbocycles. The van der Waals surface area contributed by atoms with Crippen LogP contribution in [-0.2, 0) is 14.8 Å². The van der Waals surface area contributed by atoms with Gasteiger partial charge in [0.05, 0.1) is 16.4 Å². The fourth-order valence-electron chi connectivity index (χ4n) is 2.48. The summed E-state index contributed by atoms with van der Waals surface area (Å²) in [7, 11) is -3.97. The van der Waals surface area contributed by atoms with E-state index in [1.165, 1.54) is 18.2 Å². The number of aryl methyl sites for hydroxylation is 1. The number of thioether (sulfide) groups is 1. The number of carbonyl (C=O) groups excluding carboxylic acids is 1. The van der Waals surface area contributed by atoms with Gasteiger partial charge >= 0.3 is 0 Å². The quantitative estimate of drug-likeness (QED) is 0.515. The summed E-state index contributed by atoms with van der Waals surface area (Å²) in [5.74, 6) is -0.305. The van der Waals surface area contributed by atoms with Gasteiger partial charge in [0.1, 0.15) is 0 Å². The Kier molecular flexibility index (Phi) is 6.27. The normalized spacial score (nSPS) is 15.9. The number of hydrogen-bond donors (Lipinski definition) is 2. The van der Waals surface area contributed by atoms with Crippen molar-refractivity contribution in [1.29, 1.82) is 0 Å². The van der Waals surface area contributed by atoms with Crippen LogP contribution in [-0.4, -0.2) is 35.4 Å². The molecule has 1 aliphatic heterocycles. The molecule has 0 aromatic heterocycles. The van der Waals surface area contributed by atoms with Gasteiger partial charge in [-0.3, -0.25) is 4.79 Å². The van der Waals surface area contributed by atoms with E-state index in [-0.39, 0.29) is 25.6 Å². The van der Waals surface area contributed by atoms with Crippen LogP contribution in [0.15, 0.2) is 52.3 Å². The number of benzene rings is 2. The van der Waals surface area contributed by atoms with Crippen molar-refractivity contribution in [3.63, 3.8) is 0 Å².